The molecule has 1 fully saturated rings. The van der Waals surface area contributed by atoms with Gasteiger partial charge in [-0.15, -0.1) is 24.8 Å². The third-order valence-corrected chi connectivity index (χ3v) is 6.81. The fourth-order valence-electron chi connectivity index (χ4n) is 4.60. The number of hydrogen-bond donors (Lipinski definition) is 1. The molecule has 4 rings (SSSR count). The van der Waals surface area contributed by atoms with Crippen LogP contribution in [0.3, 0.4) is 0 Å². The molecule has 0 atom stereocenters. The zero-order chi connectivity index (χ0) is 19.7. The SMILES string of the molecule is CN(Cc1cc(Br)cc(Br)c1)C(=O)C1(N2CCNCC2)Cc2ccccc2C1.Cl.Cl. The number of nitrogens with one attached hydrogen (secondary N) is 1. The molecule has 0 unspecified atom stereocenters. The van der Waals surface area contributed by atoms with Crippen LogP contribution in [0.5, 0.6) is 0 Å². The van der Waals surface area contributed by atoms with Crippen LogP contribution in [0.1, 0.15) is 16.7 Å². The molecule has 1 N–H and O–H groups in total. The summed E-state index contributed by atoms with van der Waals surface area (Å²) in [6.07, 6.45) is 1.60. The molecule has 1 amide bonds. The van der Waals surface area contributed by atoms with Gasteiger partial charge >= 0.3 is 0 Å². The van der Waals surface area contributed by atoms with Crippen molar-refractivity contribution in [3.8, 4) is 0 Å². The van der Waals surface area contributed by atoms with Gasteiger partial charge in [0.05, 0.1) is 0 Å². The summed E-state index contributed by atoms with van der Waals surface area (Å²) in [5, 5.41) is 3.42. The Morgan fingerprint density at radius 3 is 2.10 bits per heavy atom. The number of likely N-dealkylation sites (N-methyl/N-ethyl adjacent to an activating group) is 1. The smallest absolute Gasteiger partial charge is 0.243 e. The number of carbonyl (C=O) groups is 1. The standard InChI is InChI=1S/C22H25Br2N3O.2ClH/c1-26(15-16-10-19(23)12-20(24)11-16)21(28)22(27-8-6-25-7-9-27)13-17-4-2-3-5-18(17)14-22;;/h2-5,10-12,25H,6-9,13-15H2,1H3;2*1H. The summed E-state index contributed by atoms with van der Waals surface area (Å²) >= 11 is 7.10. The lowest BCUT2D eigenvalue weighted by molar-refractivity contribution is -0.144. The van der Waals surface area contributed by atoms with E-state index in [0.717, 1.165) is 53.5 Å². The van der Waals surface area contributed by atoms with Gasteiger partial charge < -0.3 is 10.2 Å². The van der Waals surface area contributed by atoms with E-state index < -0.39 is 5.54 Å². The third kappa shape index (κ3) is 5.22. The van der Waals surface area contributed by atoms with Gasteiger partial charge in [0, 0.05) is 61.6 Å². The molecule has 1 aliphatic heterocycles. The molecule has 2 aromatic rings. The largest absolute Gasteiger partial charge is 0.340 e. The summed E-state index contributed by atoms with van der Waals surface area (Å²) in [5.41, 5.74) is 3.27. The highest BCUT2D eigenvalue weighted by Crippen LogP contribution is 2.37. The molecule has 164 valence electrons. The summed E-state index contributed by atoms with van der Waals surface area (Å²) < 4.78 is 2.03. The summed E-state index contributed by atoms with van der Waals surface area (Å²) in [6, 6.07) is 14.7. The van der Waals surface area contributed by atoms with Crippen LogP contribution in [-0.4, -0.2) is 54.5 Å². The number of fused-ring (bicyclic) bond motifs is 1. The Hall–Kier alpha value is -0.630. The Kier molecular flexibility index (Phi) is 9.22. The molecule has 0 aromatic heterocycles. The number of carbonyl (C=O) groups excluding carboxylic acids is 1. The van der Waals surface area contributed by atoms with Crippen LogP contribution >= 0.6 is 56.7 Å². The van der Waals surface area contributed by atoms with E-state index in [0.29, 0.717) is 6.54 Å². The van der Waals surface area contributed by atoms with Crippen molar-refractivity contribution >= 4 is 62.6 Å². The zero-order valence-electron chi connectivity index (χ0n) is 16.9. The molecule has 1 saturated heterocycles. The minimum atomic E-state index is -0.468. The molecular weight excluding hydrogens is 553 g/mol. The zero-order valence-corrected chi connectivity index (χ0v) is 21.7. The van der Waals surface area contributed by atoms with Gasteiger partial charge in [-0.05, 0) is 34.9 Å². The van der Waals surface area contributed by atoms with Crippen molar-refractivity contribution in [2.75, 3.05) is 33.2 Å². The maximum atomic E-state index is 13.8. The Bertz CT molecular complexity index is 845. The highest BCUT2D eigenvalue weighted by atomic mass is 79.9. The lowest BCUT2D eigenvalue weighted by Gasteiger charge is -2.44. The molecule has 0 saturated carbocycles. The first kappa shape index (κ1) is 25.6. The molecule has 0 spiro atoms. The Labute approximate surface area is 207 Å². The van der Waals surface area contributed by atoms with E-state index in [-0.39, 0.29) is 30.7 Å². The Balaban J connectivity index is 0.00000160. The monoisotopic (exact) mass is 577 g/mol. The van der Waals surface area contributed by atoms with E-state index in [4.69, 9.17) is 0 Å². The molecule has 2 aromatic carbocycles. The minimum Gasteiger partial charge on any atom is -0.340 e. The van der Waals surface area contributed by atoms with Crippen LogP contribution in [-0.2, 0) is 24.2 Å². The number of hydrogen-bond acceptors (Lipinski definition) is 3. The van der Waals surface area contributed by atoms with Gasteiger partial charge in [0.15, 0.2) is 0 Å². The topological polar surface area (TPSA) is 35.6 Å². The molecule has 2 aliphatic rings. The molecule has 0 radical (unpaired) electrons. The Morgan fingerprint density at radius 2 is 1.57 bits per heavy atom. The maximum Gasteiger partial charge on any atom is 0.243 e. The van der Waals surface area contributed by atoms with Gasteiger partial charge in [0.25, 0.3) is 0 Å². The molecule has 30 heavy (non-hydrogen) atoms. The van der Waals surface area contributed by atoms with Gasteiger partial charge in [0.2, 0.25) is 5.91 Å². The van der Waals surface area contributed by atoms with Gasteiger partial charge in [-0.3, -0.25) is 9.69 Å². The van der Waals surface area contributed by atoms with Crippen LogP contribution in [0, 0.1) is 0 Å². The van der Waals surface area contributed by atoms with Crippen LogP contribution in [0.2, 0.25) is 0 Å². The van der Waals surface area contributed by atoms with Gasteiger partial charge in [-0.25, -0.2) is 0 Å². The fraction of sp³-hybridized carbons (Fsp3) is 0.409. The summed E-state index contributed by atoms with van der Waals surface area (Å²) in [5.74, 6) is 0.224. The number of nitrogens with zero attached hydrogens (tertiary/aromatic N) is 2. The number of rotatable bonds is 4. The van der Waals surface area contributed by atoms with Crippen molar-refractivity contribution in [3.63, 3.8) is 0 Å². The van der Waals surface area contributed by atoms with Crippen molar-refractivity contribution in [1.82, 2.24) is 15.1 Å². The normalized spacial score (nSPS) is 17.4. The lowest BCUT2D eigenvalue weighted by Crippen LogP contribution is -2.63. The van der Waals surface area contributed by atoms with Crippen molar-refractivity contribution in [2.45, 2.75) is 24.9 Å². The molecule has 0 bridgehead atoms. The first-order chi connectivity index (χ1) is 13.5. The fourth-order valence-corrected chi connectivity index (χ4v) is 5.99. The highest BCUT2D eigenvalue weighted by Gasteiger charge is 2.49. The molecular formula is C22H27Br2Cl2N3O. The second-order valence-corrected chi connectivity index (χ2v) is 9.66. The van der Waals surface area contributed by atoms with Crippen LogP contribution in [0.15, 0.2) is 51.4 Å². The quantitative estimate of drug-likeness (QED) is 0.581. The van der Waals surface area contributed by atoms with Crippen molar-refractivity contribution < 1.29 is 4.79 Å². The Morgan fingerprint density at radius 1 is 1.03 bits per heavy atom. The number of halogens is 4. The summed E-state index contributed by atoms with van der Waals surface area (Å²) in [4.78, 5) is 18.2. The van der Waals surface area contributed by atoms with Crippen LogP contribution in [0.25, 0.3) is 0 Å². The van der Waals surface area contributed by atoms with E-state index >= 15 is 0 Å². The lowest BCUT2D eigenvalue weighted by atomic mass is 9.90. The van der Waals surface area contributed by atoms with Crippen molar-refractivity contribution in [3.05, 3.63) is 68.1 Å². The van der Waals surface area contributed by atoms with Crippen molar-refractivity contribution in [2.24, 2.45) is 0 Å². The highest BCUT2D eigenvalue weighted by molar-refractivity contribution is 9.11. The average molecular weight is 580 g/mol. The predicted octanol–water partition coefficient (Wildman–Crippen LogP) is 4.46. The predicted molar refractivity (Wildman–Crippen MR) is 134 cm³/mol. The van der Waals surface area contributed by atoms with Gasteiger partial charge in [0.1, 0.15) is 5.54 Å². The van der Waals surface area contributed by atoms with Gasteiger partial charge in [-0.2, -0.15) is 0 Å². The molecule has 1 heterocycles. The molecule has 4 nitrogen and oxygen atoms in total. The van der Waals surface area contributed by atoms with E-state index in [1.165, 1.54) is 11.1 Å². The third-order valence-electron chi connectivity index (χ3n) is 5.89. The second kappa shape index (κ2) is 10.8. The van der Waals surface area contributed by atoms with Crippen LogP contribution in [0.4, 0.5) is 0 Å². The molecule has 1 aliphatic carbocycles. The number of piperazine rings is 1. The second-order valence-electron chi connectivity index (χ2n) is 7.83. The number of amides is 1. The van der Waals surface area contributed by atoms with E-state index in [1.54, 1.807) is 0 Å². The minimum absolute atomic E-state index is 0. The average Bonchev–Trinajstić information content (AvgIpc) is 3.08. The summed E-state index contributed by atoms with van der Waals surface area (Å²) in [6.45, 7) is 4.30. The van der Waals surface area contributed by atoms with E-state index in [2.05, 4.69) is 78.5 Å². The van der Waals surface area contributed by atoms with Crippen molar-refractivity contribution in [1.29, 1.82) is 0 Å². The van der Waals surface area contributed by atoms with Gasteiger partial charge in [-0.1, -0.05) is 56.1 Å². The van der Waals surface area contributed by atoms with Crippen LogP contribution < -0.4 is 5.32 Å². The first-order valence-corrected chi connectivity index (χ1v) is 11.3. The first-order valence-electron chi connectivity index (χ1n) is 9.71. The molecule has 8 heteroatoms. The maximum absolute atomic E-state index is 13.8. The van der Waals surface area contributed by atoms with E-state index in [1.807, 2.05) is 18.0 Å². The number of benzene rings is 2. The van der Waals surface area contributed by atoms with E-state index in [9.17, 15) is 4.79 Å². The summed E-state index contributed by atoms with van der Waals surface area (Å²) in [7, 11) is 1.93.